The Balaban J connectivity index is 1.90. The smallest absolute Gasteiger partial charge is 0.0453 e. The van der Waals surface area contributed by atoms with Crippen molar-refractivity contribution in [3.8, 4) is 0 Å². The van der Waals surface area contributed by atoms with Crippen LogP contribution >= 0.6 is 11.6 Å². The molecule has 0 bridgehead atoms. The zero-order chi connectivity index (χ0) is 20.6. The summed E-state index contributed by atoms with van der Waals surface area (Å²) in [6, 6.07) is 30.3. The van der Waals surface area contributed by atoms with Gasteiger partial charge in [0.25, 0.3) is 0 Å². The van der Waals surface area contributed by atoms with E-state index in [-0.39, 0.29) is 12.1 Å². The molecule has 3 rings (SSSR count). The zero-order valence-corrected chi connectivity index (χ0v) is 18.4. The second kappa shape index (κ2) is 10.6. The van der Waals surface area contributed by atoms with Crippen molar-refractivity contribution in [1.82, 2.24) is 5.32 Å². The predicted octanol–water partition coefficient (Wildman–Crippen LogP) is 7.95. The first kappa shape index (κ1) is 21.6. The SMILES string of the molecule is CCC(C)C(CC(NC(C)c1ccccc1Cl)c1ccccc1)c1ccccc1. The molecule has 4 atom stereocenters. The summed E-state index contributed by atoms with van der Waals surface area (Å²) in [5.74, 6) is 1.11. The van der Waals surface area contributed by atoms with E-state index in [0.717, 1.165) is 17.0 Å². The van der Waals surface area contributed by atoms with E-state index in [0.29, 0.717) is 11.8 Å². The summed E-state index contributed by atoms with van der Waals surface area (Å²) in [7, 11) is 0. The maximum atomic E-state index is 6.48. The molecule has 0 saturated carbocycles. The summed E-state index contributed by atoms with van der Waals surface area (Å²) >= 11 is 6.48. The van der Waals surface area contributed by atoms with Gasteiger partial charge in [0.05, 0.1) is 0 Å². The summed E-state index contributed by atoms with van der Waals surface area (Å²) in [4.78, 5) is 0. The van der Waals surface area contributed by atoms with Crippen LogP contribution < -0.4 is 5.32 Å². The summed E-state index contributed by atoms with van der Waals surface area (Å²) in [5.41, 5.74) is 3.90. The molecule has 0 saturated heterocycles. The van der Waals surface area contributed by atoms with Gasteiger partial charge in [-0.25, -0.2) is 0 Å². The standard InChI is InChI=1S/C27H32ClN/c1-4-20(2)25(22-13-7-5-8-14-22)19-27(23-15-9-6-10-16-23)29-21(3)24-17-11-12-18-26(24)28/h5-18,20-21,25,27,29H,4,19H2,1-3H3. The van der Waals surface area contributed by atoms with Crippen LogP contribution in [0.2, 0.25) is 5.02 Å². The Kier molecular flexibility index (Phi) is 7.91. The van der Waals surface area contributed by atoms with E-state index in [9.17, 15) is 0 Å². The average Bonchev–Trinajstić information content (AvgIpc) is 2.77. The first-order valence-electron chi connectivity index (χ1n) is 10.7. The van der Waals surface area contributed by atoms with Crippen molar-refractivity contribution in [2.24, 2.45) is 5.92 Å². The van der Waals surface area contributed by atoms with E-state index in [1.807, 2.05) is 12.1 Å². The molecule has 0 aliphatic rings. The molecular formula is C27H32ClN. The number of hydrogen-bond acceptors (Lipinski definition) is 1. The minimum Gasteiger partial charge on any atom is -0.303 e. The van der Waals surface area contributed by atoms with Crippen LogP contribution in [0.4, 0.5) is 0 Å². The van der Waals surface area contributed by atoms with Crippen LogP contribution in [-0.2, 0) is 0 Å². The van der Waals surface area contributed by atoms with Crippen LogP contribution in [0.5, 0.6) is 0 Å². The number of benzene rings is 3. The topological polar surface area (TPSA) is 12.0 Å². The van der Waals surface area contributed by atoms with Gasteiger partial charge in [0.15, 0.2) is 0 Å². The van der Waals surface area contributed by atoms with Crippen molar-refractivity contribution in [3.63, 3.8) is 0 Å². The Morgan fingerprint density at radius 2 is 1.31 bits per heavy atom. The molecule has 3 aromatic rings. The molecule has 0 aliphatic carbocycles. The second-order valence-electron chi connectivity index (χ2n) is 8.01. The van der Waals surface area contributed by atoms with Crippen molar-refractivity contribution in [2.45, 2.75) is 51.6 Å². The fourth-order valence-electron chi connectivity index (χ4n) is 4.14. The van der Waals surface area contributed by atoms with E-state index in [1.165, 1.54) is 17.5 Å². The number of rotatable bonds is 9. The van der Waals surface area contributed by atoms with Crippen molar-refractivity contribution >= 4 is 11.6 Å². The van der Waals surface area contributed by atoms with Gasteiger partial charge in [-0.2, -0.15) is 0 Å². The highest BCUT2D eigenvalue weighted by Crippen LogP contribution is 2.37. The highest BCUT2D eigenvalue weighted by atomic mass is 35.5. The van der Waals surface area contributed by atoms with Crippen molar-refractivity contribution in [1.29, 1.82) is 0 Å². The van der Waals surface area contributed by atoms with Crippen molar-refractivity contribution in [2.75, 3.05) is 0 Å². The van der Waals surface area contributed by atoms with Crippen LogP contribution in [0.1, 0.15) is 68.3 Å². The Hall–Kier alpha value is -2.09. The van der Waals surface area contributed by atoms with Gasteiger partial charge in [-0.1, -0.05) is 111 Å². The Morgan fingerprint density at radius 1 is 0.759 bits per heavy atom. The monoisotopic (exact) mass is 405 g/mol. The third-order valence-corrected chi connectivity index (χ3v) is 6.42. The largest absolute Gasteiger partial charge is 0.303 e. The summed E-state index contributed by atoms with van der Waals surface area (Å²) < 4.78 is 0. The predicted molar refractivity (Wildman–Crippen MR) is 125 cm³/mol. The molecule has 0 aliphatic heterocycles. The van der Waals surface area contributed by atoms with Gasteiger partial charge in [0.1, 0.15) is 0 Å². The van der Waals surface area contributed by atoms with E-state index in [4.69, 9.17) is 11.6 Å². The molecule has 4 unspecified atom stereocenters. The van der Waals surface area contributed by atoms with Crippen LogP contribution in [0.15, 0.2) is 84.9 Å². The van der Waals surface area contributed by atoms with Gasteiger partial charge in [-0.05, 0) is 47.9 Å². The molecule has 0 spiro atoms. The number of halogens is 1. The maximum absolute atomic E-state index is 6.48. The molecule has 3 aromatic carbocycles. The molecule has 1 nitrogen and oxygen atoms in total. The number of nitrogens with one attached hydrogen (secondary N) is 1. The molecule has 0 aromatic heterocycles. The molecule has 2 heteroatoms. The Bertz CT molecular complexity index is 862. The lowest BCUT2D eigenvalue weighted by Gasteiger charge is -2.31. The van der Waals surface area contributed by atoms with E-state index in [1.54, 1.807) is 0 Å². The summed E-state index contributed by atoms with van der Waals surface area (Å²) in [6.07, 6.45) is 2.22. The highest BCUT2D eigenvalue weighted by Gasteiger charge is 2.25. The lowest BCUT2D eigenvalue weighted by Crippen LogP contribution is -2.28. The molecule has 0 radical (unpaired) electrons. The minimum atomic E-state index is 0.169. The molecule has 29 heavy (non-hydrogen) atoms. The molecule has 1 N–H and O–H groups in total. The quantitative estimate of drug-likeness (QED) is 0.380. The summed E-state index contributed by atoms with van der Waals surface area (Å²) in [6.45, 7) is 6.87. The zero-order valence-electron chi connectivity index (χ0n) is 17.7. The first-order chi connectivity index (χ1) is 14.1. The fourth-order valence-corrected chi connectivity index (χ4v) is 4.44. The molecule has 0 fully saturated rings. The van der Waals surface area contributed by atoms with E-state index in [2.05, 4.69) is 98.9 Å². The fraction of sp³-hybridized carbons (Fsp3) is 0.333. The van der Waals surface area contributed by atoms with Gasteiger partial charge in [-0.3, -0.25) is 0 Å². The van der Waals surface area contributed by atoms with Gasteiger partial charge in [0.2, 0.25) is 0 Å². The first-order valence-corrected chi connectivity index (χ1v) is 11.1. The molecular weight excluding hydrogens is 374 g/mol. The normalized spacial score (nSPS) is 15.4. The van der Waals surface area contributed by atoms with Gasteiger partial charge in [0, 0.05) is 17.1 Å². The maximum Gasteiger partial charge on any atom is 0.0453 e. The van der Waals surface area contributed by atoms with Gasteiger partial charge >= 0.3 is 0 Å². The van der Waals surface area contributed by atoms with Crippen LogP contribution in [0.25, 0.3) is 0 Å². The molecule has 0 amide bonds. The Morgan fingerprint density at radius 3 is 1.90 bits per heavy atom. The highest BCUT2D eigenvalue weighted by molar-refractivity contribution is 6.31. The van der Waals surface area contributed by atoms with Crippen LogP contribution in [0, 0.1) is 5.92 Å². The van der Waals surface area contributed by atoms with Gasteiger partial charge < -0.3 is 5.32 Å². The van der Waals surface area contributed by atoms with Gasteiger partial charge in [-0.15, -0.1) is 0 Å². The van der Waals surface area contributed by atoms with Crippen LogP contribution in [0.3, 0.4) is 0 Å². The van der Waals surface area contributed by atoms with Crippen LogP contribution in [-0.4, -0.2) is 0 Å². The van der Waals surface area contributed by atoms with Crippen molar-refractivity contribution < 1.29 is 0 Å². The lowest BCUT2D eigenvalue weighted by molar-refractivity contribution is 0.347. The molecule has 152 valence electrons. The third kappa shape index (κ3) is 5.72. The Labute approximate surface area is 181 Å². The summed E-state index contributed by atoms with van der Waals surface area (Å²) in [5, 5.41) is 4.71. The number of hydrogen-bond donors (Lipinski definition) is 1. The minimum absolute atomic E-state index is 0.169. The average molecular weight is 406 g/mol. The molecule has 0 heterocycles. The third-order valence-electron chi connectivity index (χ3n) is 6.07. The lowest BCUT2D eigenvalue weighted by atomic mass is 9.79. The van der Waals surface area contributed by atoms with E-state index >= 15 is 0 Å². The van der Waals surface area contributed by atoms with E-state index < -0.39 is 0 Å². The second-order valence-corrected chi connectivity index (χ2v) is 8.42. The van der Waals surface area contributed by atoms with Crippen molar-refractivity contribution in [3.05, 3.63) is 107 Å².